The van der Waals surface area contributed by atoms with Crippen LogP contribution in [0.25, 0.3) is 0 Å². The molecule has 0 bridgehead atoms. The van der Waals surface area contributed by atoms with Gasteiger partial charge in [-0.1, -0.05) is 30.3 Å². The van der Waals surface area contributed by atoms with Gasteiger partial charge in [-0.3, -0.25) is 15.4 Å². The van der Waals surface area contributed by atoms with Gasteiger partial charge in [0.05, 0.1) is 7.11 Å². The van der Waals surface area contributed by atoms with Crippen LogP contribution in [-0.4, -0.2) is 24.9 Å². The Balaban J connectivity index is 2.66. The minimum absolute atomic E-state index is 0.0206. The highest BCUT2D eigenvalue weighted by Gasteiger charge is 2.21. The molecule has 5 heteroatoms. The topological polar surface area (TPSA) is 81.4 Å². The molecule has 0 saturated carbocycles. The Labute approximate surface area is 93.6 Å². The number of ether oxygens (including phenoxy) is 1. The molecule has 1 aromatic carbocycles. The predicted octanol–water partition coefficient (Wildman–Crippen LogP) is 0.264. The lowest BCUT2D eigenvalue weighted by Crippen LogP contribution is -2.43. The van der Waals surface area contributed by atoms with E-state index in [4.69, 9.17) is 5.84 Å². The van der Waals surface area contributed by atoms with E-state index in [-0.39, 0.29) is 12.2 Å². The largest absolute Gasteiger partial charge is 0.468 e. The SMILES string of the molecule is COC(=O)C(CC(=O)c1ccccc1)NN. The second kappa shape index (κ2) is 5.99. The van der Waals surface area contributed by atoms with Gasteiger partial charge in [0, 0.05) is 12.0 Å². The van der Waals surface area contributed by atoms with Crippen LogP contribution in [0, 0.1) is 0 Å². The van der Waals surface area contributed by atoms with E-state index >= 15 is 0 Å². The smallest absolute Gasteiger partial charge is 0.324 e. The number of hydrogen-bond acceptors (Lipinski definition) is 5. The van der Waals surface area contributed by atoms with Crippen molar-refractivity contribution in [1.29, 1.82) is 0 Å². The molecule has 0 heterocycles. The molecule has 16 heavy (non-hydrogen) atoms. The van der Waals surface area contributed by atoms with Gasteiger partial charge in [-0.2, -0.15) is 0 Å². The summed E-state index contributed by atoms with van der Waals surface area (Å²) in [6, 6.07) is 7.90. The second-order valence-electron chi connectivity index (χ2n) is 3.24. The van der Waals surface area contributed by atoms with Crippen LogP contribution in [0.5, 0.6) is 0 Å². The zero-order valence-corrected chi connectivity index (χ0v) is 8.97. The van der Waals surface area contributed by atoms with Crippen LogP contribution in [0.2, 0.25) is 0 Å². The molecule has 0 amide bonds. The first kappa shape index (κ1) is 12.4. The van der Waals surface area contributed by atoms with Gasteiger partial charge in [0.15, 0.2) is 5.78 Å². The number of Topliss-reactive ketones (excluding diaryl/α,β-unsaturated/α-hetero) is 1. The number of carbonyl (C=O) groups is 2. The number of rotatable bonds is 5. The predicted molar refractivity (Wildman–Crippen MR) is 58.5 cm³/mol. The molecular weight excluding hydrogens is 208 g/mol. The third-order valence-electron chi connectivity index (χ3n) is 2.17. The van der Waals surface area contributed by atoms with Crippen LogP contribution in [0.3, 0.4) is 0 Å². The Morgan fingerprint density at radius 1 is 1.38 bits per heavy atom. The van der Waals surface area contributed by atoms with Crippen molar-refractivity contribution < 1.29 is 14.3 Å². The number of methoxy groups -OCH3 is 1. The van der Waals surface area contributed by atoms with Crippen LogP contribution in [-0.2, 0) is 9.53 Å². The first-order valence-corrected chi connectivity index (χ1v) is 4.81. The first-order valence-electron chi connectivity index (χ1n) is 4.81. The molecule has 1 aromatic rings. The lowest BCUT2D eigenvalue weighted by molar-refractivity contribution is -0.143. The summed E-state index contributed by atoms with van der Waals surface area (Å²) in [7, 11) is 1.25. The summed E-state index contributed by atoms with van der Waals surface area (Å²) in [6.45, 7) is 0. The maximum absolute atomic E-state index is 11.7. The standard InChI is InChI=1S/C11H14N2O3/c1-16-11(15)9(13-12)7-10(14)8-5-3-2-4-6-8/h2-6,9,13H,7,12H2,1H3. The number of carbonyl (C=O) groups excluding carboxylic acids is 2. The summed E-state index contributed by atoms with van der Waals surface area (Å²) in [5, 5.41) is 0. The molecule has 3 N–H and O–H groups in total. The van der Waals surface area contributed by atoms with Crippen LogP contribution in [0.4, 0.5) is 0 Å². The summed E-state index contributed by atoms with van der Waals surface area (Å²) >= 11 is 0. The van der Waals surface area contributed by atoms with Crippen LogP contribution in [0.15, 0.2) is 30.3 Å². The van der Waals surface area contributed by atoms with E-state index in [1.165, 1.54) is 7.11 Å². The lowest BCUT2D eigenvalue weighted by atomic mass is 10.0. The number of hydrazine groups is 1. The number of benzene rings is 1. The summed E-state index contributed by atoms with van der Waals surface area (Å²) < 4.78 is 4.51. The molecule has 0 aromatic heterocycles. The van der Waals surface area contributed by atoms with Gasteiger partial charge in [0.2, 0.25) is 0 Å². The highest BCUT2D eigenvalue weighted by atomic mass is 16.5. The van der Waals surface area contributed by atoms with Crippen molar-refractivity contribution in [3.05, 3.63) is 35.9 Å². The maximum Gasteiger partial charge on any atom is 0.324 e. The Morgan fingerprint density at radius 3 is 2.50 bits per heavy atom. The van der Waals surface area contributed by atoms with Gasteiger partial charge in [-0.15, -0.1) is 0 Å². The molecule has 0 radical (unpaired) electrons. The zero-order valence-electron chi connectivity index (χ0n) is 8.97. The molecule has 0 saturated heterocycles. The number of nitrogens with one attached hydrogen (secondary N) is 1. The van der Waals surface area contributed by atoms with Crippen molar-refractivity contribution in [2.75, 3.05) is 7.11 Å². The fourth-order valence-electron chi connectivity index (χ4n) is 1.28. The average molecular weight is 222 g/mol. The average Bonchev–Trinajstić information content (AvgIpc) is 2.35. The van der Waals surface area contributed by atoms with E-state index in [1.54, 1.807) is 24.3 Å². The molecule has 86 valence electrons. The second-order valence-corrected chi connectivity index (χ2v) is 3.24. The van der Waals surface area contributed by atoms with E-state index in [2.05, 4.69) is 10.2 Å². The van der Waals surface area contributed by atoms with E-state index in [0.717, 1.165) is 0 Å². The zero-order chi connectivity index (χ0) is 12.0. The summed E-state index contributed by atoms with van der Waals surface area (Å²) in [5.74, 6) is 4.46. The Bertz CT molecular complexity index is 365. The van der Waals surface area contributed by atoms with Crippen molar-refractivity contribution in [1.82, 2.24) is 5.43 Å². The Kier molecular flexibility index (Phi) is 4.63. The van der Waals surface area contributed by atoms with Gasteiger partial charge >= 0.3 is 5.97 Å². The molecule has 0 fully saturated rings. The number of esters is 1. The quantitative estimate of drug-likeness (QED) is 0.323. The van der Waals surface area contributed by atoms with Crippen molar-refractivity contribution >= 4 is 11.8 Å². The summed E-state index contributed by atoms with van der Waals surface area (Å²) in [4.78, 5) is 22.9. The van der Waals surface area contributed by atoms with E-state index in [0.29, 0.717) is 5.56 Å². The van der Waals surface area contributed by atoms with Crippen molar-refractivity contribution in [2.24, 2.45) is 5.84 Å². The molecular formula is C11H14N2O3. The Morgan fingerprint density at radius 2 is 2.00 bits per heavy atom. The molecule has 0 aliphatic heterocycles. The van der Waals surface area contributed by atoms with E-state index < -0.39 is 12.0 Å². The number of hydrogen-bond donors (Lipinski definition) is 2. The first-order chi connectivity index (χ1) is 7.69. The highest BCUT2D eigenvalue weighted by molar-refractivity contribution is 5.98. The third kappa shape index (κ3) is 3.15. The summed E-state index contributed by atoms with van der Waals surface area (Å²) in [6.07, 6.45) is -0.0206. The van der Waals surface area contributed by atoms with Gasteiger partial charge in [0.1, 0.15) is 6.04 Å². The number of ketones is 1. The van der Waals surface area contributed by atoms with Crippen molar-refractivity contribution in [3.8, 4) is 0 Å². The molecule has 1 unspecified atom stereocenters. The monoisotopic (exact) mass is 222 g/mol. The van der Waals surface area contributed by atoms with E-state index in [9.17, 15) is 9.59 Å². The molecule has 1 atom stereocenters. The molecule has 0 aliphatic rings. The van der Waals surface area contributed by atoms with Gasteiger partial charge in [0.25, 0.3) is 0 Å². The van der Waals surface area contributed by atoms with Crippen molar-refractivity contribution in [3.63, 3.8) is 0 Å². The van der Waals surface area contributed by atoms with Gasteiger partial charge < -0.3 is 4.74 Å². The normalized spacial score (nSPS) is 11.9. The fraction of sp³-hybridized carbons (Fsp3) is 0.273. The van der Waals surface area contributed by atoms with Crippen LogP contribution >= 0.6 is 0 Å². The van der Waals surface area contributed by atoms with E-state index in [1.807, 2.05) is 6.07 Å². The Hall–Kier alpha value is -1.72. The fourth-order valence-corrected chi connectivity index (χ4v) is 1.28. The lowest BCUT2D eigenvalue weighted by Gasteiger charge is -2.12. The minimum Gasteiger partial charge on any atom is -0.468 e. The van der Waals surface area contributed by atoms with Crippen molar-refractivity contribution in [2.45, 2.75) is 12.5 Å². The van der Waals surface area contributed by atoms with Crippen LogP contribution < -0.4 is 11.3 Å². The summed E-state index contributed by atoms with van der Waals surface area (Å²) in [5.41, 5.74) is 2.81. The number of nitrogens with two attached hydrogens (primary N) is 1. The highest BCUT2D eigenvalue weighted by Crippen LogP contribution is 2.05. The third-order valence-corrected chi connectivity index (χ3v) is 2.17. The molecule has 5 nitrogen and oxygen atoms in total. The maximum atomic E-state index is 11.7. The van der Waals surface area contributed by atoms with Gasteiger partial charge in [-0.05, 0) is 0 Å². The van der Waals surface area contributed by atoms with Crippen LogP contribution in [0.1, 0.15) is 16.8 Å². The molecule has 0 aliphatic carbocycles. The molecule has 1 rings (SSSR count). The van der Waals surface area contributed by atoms with Gasteiger partial charge in [-0.25, -0.2) is 5.43 Å². The molecule has 0 spiro atoms. The minimum atomic E-state index is -0.808.